The lowest BCUT2D eigenvalue weighted by Gasteiger charge is -2.33. The molecule has 152 valence electrons. The van der Waals surface area contributed by atoms with E-state index in [0.29, 0.717) is 0 Å². The lowest BCUT2D eigenvalue weighted by Crippen LogP contribution is -2.10. The molecule has 4 heteroatoms. The molecule has 0 aromatic heterocycles. The Morgan fingerprint density at radius 3 is 1.03 bits per heavy atom. The normalized spacial score (nSPS) is 11.7. The molecule has 4 aromatic carbocycles. The van der Waals surface area contributed by atoms with Crippen molar-refractivity contribution in [2.75, 3.05) is 28.4 Å². The molecule has 0 saturated carbocycles. The first-order valence-electron chi connectivity index (χ1n) is 9.93. The van der Waals surface area contributed by atoms with Crippen LogP contribution in [-0.4, -0.2) is 28.4 Å². The van der Waals surface area contributed by atoms with Gasteiger partial charge in [0.15, 0.2) is 0 Å². The molecule has 0 aliphatic heterocycles. The van der Waals surface area contributed by atoms with Crippen molar-refractivity contribution in [2.24, 2.45) is 0 Å². The molecule has 0 bridgehead atoms. The molecule has 0 radical (unpaired) electrons. The minimum atomic E-state index is 0.834. The van der Waals surface area contributed by atoms with E-state index in [2.05, 4.69) is 50.2 Å². The van der Waals surface area contributed by atoms with E-state index in [9.17, 15) is 0 Å². The van der Waals surface area contributed by atoms with E-state index in [1.54, 1.807) is 28.4 Å². The largest absolute Gasteiger partial charge is 0.495 e. The van der Waals surface area contributed by atoms with Crippen molar-refractivity contribution in [3.63, 3.8) is 0 Å². The van der Waals surface area contributed by atoms with Gasteiger partial charge in [0, 0.05) is 43.8 Å². The van der Waals surface area contributed by atoms with Crippen LogP contribution < -0.4 is 18.9 Å². The SMILES string of the molecule is COc1c2c(c(OC)c3cc(C)ccc13)-c1c-2c(OC)c2cc(C)ccc2c1OC. The van der Waals surface area contributed by atoms with Gasteiger partial charge in [0.25, 0.3) is 0 Å². The molecule has 5 rings (SSSR count). The van der Waals surface area contributed by atoms with E-state index in [4.69, 9.17) is 18.9 Å². The first-order valence-corrected chi connectivity index (χ1v) is 9.93. The van der Waals surface area contributed by atoms with Gasteiger partial charge < -0.3 is 18.9 Å². The standard InChI is InChI=1S/C26H24O4/c1-13-7-9-15-17(11-13)25(29-5)21-19(23(15)27-3)22-20(21)24(28-4)16-10-8-14(2)12-18(16)26(22)30-6/h7-12H,1-6H3. The van der Waals surface area contributed by atoms with E-state index in [1.165, 1.54) is 11.1 Å². The van der Waals surface area contributed by atoms with Gasteiger partial charge in [-0.3, -0.25) is 0 Å². The maximum Gasteiger partial charge on any atom is 0.135 e. The van der Waals surface area contributed by atoms with Crippen molar-refractivity contribution in [3.8, 4) is 45.3 Å². The lowest BCUT2D eigenvalue weighted by molar-refractivity contribution is 0.403. The third-order valence-electron chi connectivity index (χ3n) is 6.05. The van der Waals surface area contributed by atoms with Crippen molar-refractivity contribution in [3.05, 3.63) is 47.5 Å². The second-order valence-corrected chi connectivity index (χ2v) is 7.73. The highest BCUT2D eigenvalue weighted by molar-refractivity contribution is 6.24. The molecule has 0 unspecified atom stereocenters. The van der Waals surface area contributed by atoms with Gasteiger partial charge in [0.1, 0.15) is 23.0 Å². The molecule has 0 fully saturated rings. The fourth-order valence-electron chi connectivity index (χ4n) is 4.82. The lowest BCUT2D eigenvalue weighted by atomic mass is 9.74. The molecule has 0 atom stereocenters. The number of ether oxygens (including phenoxy) is 4. The quantitative estimate of drug-likeness (QED) is 0.355. The highest BCUT2D eigenvalue weighted by atomic mass is 16.5. The Kier molecular flexibility index (Phi) is 4.07. The summed E-state index contributed by atoms with van der Waals surface area (Å²) in [6, 6.07) is 12.7. The summed E-state index contributed by atoms with van der Waals surface area (Å²) in [5.74, 6) is 3.34. The molecule has 0 spiro atoms. The van der Waals surface area contributed by atoms with Crippen LogP contribution in [0.1, 0.15) is 11.1 Å². The summed E-state index contributed by atoms with van der Waals surface area (Å²) in [7, 11) is 6.87. The number of aryl methyl sites for hydroxylation is 2. The fraction of sp³-hybridized carbons (Fsp3) is 0.231. The summed E-state index contributed by atoms with van der Waals surface area (Å²) in [6.07, 6.45) is 0. The highest BCUT2D eigenvalue weighted by Gasteiger charge is 2.39. The topological polar surface area (TPSA) is 36.9 Å². The van der Waals surface area contributed by atoms with Gasteiger partial charge in [-0.2, -0.15) is 0 Å². The molecule has 0 amide bonds. The summed E-state index contributed by atoms with van der Waals surface area (Å²) >= 11 is 0. The van der Waals surface area contributed by atoms with Crippen LogP contribution in [0.5, 0.6) is 23.0 Å². The number of rotatable bonds is 4. The number of fused-ring (bicyclic) bond motifs is 6. The number of hydrogen-bond acceptors (Lipinski definition) is 4. The van der Waals surface area contributed by atoms with Gasteiger partial charge in [-0.15, -0.1) is 0 Å². The van der Waals surface area contributed by atoms with Crippen LogP contribution in [0.4, 0.5) is 0 Å². The van der Waals surface area contributed by atoms with Gasteiger partial charge in [-0.05, 0) is 26.0 Å². The minimum absolute atomic E-state index is 0.834. The van der Waals surface area contributed by atoms with E-state index in [1.807, 2.05) is 0 Å². The Morgan fingerprint density at radius 1 is 0.433 bits per heavy atom. The monoisotopic (exact) mass is 400 g/mol. The van der Waals surface area contributed by atoms with Gasteiger partial charge >= 0.3 is 0 Å². The first kappa shape index (κ1) is 18.6. The fourth-order valence-corrected chi connectivity index (χ4v) is 4.82. The molecule has 0 saturated heterocycles. The van der Waals surface area contributed by atoms with Gasteiger partial charge in [-0.1, -0.05) is 35.4 Å². The van der Waals surface area contributed by atoms with Crippen LogP contribution in [0.15, 0.2) is 36.4 Å². The Bertz CT molecular complexity index is 1230. The Labute approximate surface area is 175 Å². The van der Waals surface area contributed by atoms with E-state index in [0.717, 1.165) is 66.8 Å². The molecule has 4 aromatic rings. The average Bonchev–Trinajstić information content (AvgIpc) is 2.74. The van der Waals surface area contributed by atoms with E-state index < -0.39 is 0 Å². The molecular weight excluding hydrogens is 376 g/mol. The maximum atomic E-state index is 5.95. The van der Waals surface area contributed by atoms with Gasteiger partial charge in [-0.25, -0.2) is 0 Å². The second kappa shape index (κ2) is 6.56. The van der Waals surface area contributed by atoms with Crippen molar-refractivity contribution in [1.82, 2.24) is 0 Å². The van der Waals surface area contributed by atoms with Gasteiger partial charge in [0.05, 0.1) is 28.4 Å². The van der Waals surface area contributed by atoms with Crippen molar-refractivity contribution in [1.29, 1.82) is 0 Å². The summed E-state index contributed by atoms with van der Waals surface area (Å²) < 4.78 is 23.8. The molecule has 0 N–H and O–H groups in total. The maximum absolute atomic E-state index is 5.95. The predicted octanol–water partition coefficient (Wildman–Crippen LogP) is 6.29. The number of benzene rings is 4. The van der Waals surface area contributed by atoms with Crippen LogP contribution in [0.2, 0.25) is 0 Å². The van der Waals surface area contributed by atoms with Crippen LogP contribution >= 0.6 is 0 Å². The minimum Gasteiger partial charge on any atom is -0.495 e. The van der Waals surface area contributed by atoms with E-state index >= 15 is 0 Å². The summed E-state index contributed by atoms with van der Waals surface area (Å²) in [4.78, 5) is 0. The van der Waals surface area contributed by atoms with Crippen molar-refractivity contribution in [2.45, 2.75) is 13.8 Å². The average molecular weight is 400 g/mol. The molecule has 0 heterocycles. The van der Waals surface area contributed by atoms with Crippen LogP contribution in [-0.2, 0) is 0 Å². The molecule has 30 heavy (non-hydrogen) atoms. The Hall–Kier alpha value is -3.40. The zero-order valence-corrected chi connectivity index (χ0v) is 18.1. The summed E-state index contributed by atoms with van der Waals surface area (Å²) in [6.45, 7) is 4.16. The zero-order valence-electron chi connectivity index (χ0n) is 18.1. The Balaban J connectivity index is 2.01. The zero-order chi connectivity index (χ0) is 21.2. The van der Waals surface area contributed by atoms with Crippen LogP contribution in [0.3, 0.4) is 0 Å². The predicted molar refractivity (Wildman–Crippen MR) is 122 cm³/mol. The number of hydrogen-bond donors (Lipinski definition) is 0. The van der Waals surface area contributed by atoms with Crippen LogP contribution in [0.25, 0.3) is 43.8 Å². The summed E-state index contributed by atoms with van der Waals surface area (Å²) in [5, 5.41) is 4.11. The Morgan fingerprint density at radius 2 is 0.733 bits per heavy atom. The highest BCUT2D eigenvalue weighted by Crippen LogP contribution is 2.66. The van der Waals surface area contributed by atoms with Crippen molar-refractivity contribution >= 4 is 21.5 Å². The molecule has 1 aliphatic rings. The third-order valence-corrected chi connectivity index (χ3v) is 6.05. The molecule has 4 nitrogen and oxygen atoms in total. The number of methoxy groups -OCH3 is 4. The molecular formula is C26H24O4. The van der Waals surface area contributed by atoms with Crippen molar-refractivity contribution < 1.29 is 18.9 Å². The summed E-state index contributed by atoms with van der Waals surface area (Å²) in [5.41, 5.74) is 6.39. The van der Waals surface area contributed by atoms with Gasteiger partial charge in [0.2, 0.25) is 0 Å². The smallest absolute Gasteiger partial charge is 0.135 e. The van der Waals surface area contributed by atoms with Crippen LogP contribution in [0, 0.1) is 13.8 Å². The van der Waals surface area contributed by atoms with E-state index in [-0.39, 0.29) is 0 Å². The molecule has 1 aliphatic carbocycles. The second-order valence-electron chi connectivity index (χ2n) is 7.73. The first-order chi connectivity index (χ1) is 14.5. The third kappa shape index (κ3) is 2.22.